The number of likely N-dealkylation sites (tertiary alicyclic amines) is 1. The van der Waals surface area contributed by atoms with Crippen molar-refractivity contribution in [2.75, 3.05) is 19.6 Å². The highest BCUT2D eigenvalue weighted by atomic mass is 32.2. The number of nitrogens with one attached hydrogen (secondary N) is 1. The number of aromatic nitrogens is 2. The maximum Gasteiger partial charge on any atom is 0.272 e. The molecule has 4 nitrogen and oxygen atoms in total. The molecule has 3 heterocycles. The van der Waals surface area contributed by atoms with Crippen LogP contribution < -0.4 is 10.5 Å². The Morgan fingerprint density at radius 3 is 2.71 bits per heavy atom. The molecule has 1 saturated heterocycles. The van der Waals surface area contributed by atoms with Gasteiger partial charge in [0.1, 0.15) is 10.5 Å². The van der Waals surface area contributed by atoms with E-state index in [1.54, 1.807) is 17.0 Å². The smallest absolute Gasteiger partial charge is 0.272 e. The zero-order valence-corrected chi connectivity index (χ0v) is 18.9. The number of rotatable bonds is 7. The summed E-state index contributed by atoms with van der Waals surface area (Å²) in [6.07, 6.45) is 3.54. The second-order valence-corrected chi connectivity index (χ2v) is 10.1. The van der Waals surface area contributed by atoms with E-state index in [2.05, 4.69) is 0 Å². The van der Waals surface area contributed by atoms with Gasteiger partial charge in [-0.05, 0) is 17.7 Å². The Bertz CT molecular complexity index is 1280. The van der Waals surface area contributed by atoms with Crippen molar-refractivity contribution >= 4 is 43.4 Å². The molecule has 0 atom stereocenters. The number of fused-ring (bicyclic) bond motifs is 3. The van der Waals surface area contributed by atoms with Crippen molar-refractivity contribution in [1.82, 2.24) is 9.55 Å². The van der Waals surface area contributed by atoms with Crippen molar-refractivity contribution in [1.29, 1.82) is 0 Å². The van der Waals surface area contributed by atoms with Gasteiger partial charge in [-0.25, -0.2) is 9.37 Å². The molecule has 0 aliphatic carbocycles. The van der Waals surface area contributed by atoms with Crippen LogP contribution in [0.25, 0.3) is 20.3 Å². The number of halogens is 1. The lowest BCUT2D eigenvalue weighted by atomic mass is 10.2. The monoisotopic (exact) mass is 454 g/mol. The zero-order valence-electron chi connectivity index (χ0n) is 17.3. The molecule has 0 spiro atoms. The molecule has 0 amide bonds. The van der Waals surface area contributed by atoms with Crippen LogP contribution in [0.2, 0.25) is 0 Å². The highest BCUT2D eigenvalue weighted by Gasteiger charge is 2.19. The van der Waals surface area contributed by atoms with E-state index in [1.165, 1.54) is 55.1 Å². The zero-order chi connectivity index (χ0) is 21.2. The number of thioether (sulfide) groups is 1. The second kappa shape index (κ2) is 9.10. The van der Waals surface area contributed by atoms with Crippen LogP contribution in [0.3, 0.4) is 0 Å². The summed E-state index contributed by atoms with van der Waals surface area (Å²) in [7, 11) is 0. The first-order chi connectivity index (χ1) is 15.2. The van der Waals surface area contributed by atoms with Gasteiger partial charge in [-0.3, -0.25) is 9.36 Å². The third-order valence-corrected chi connectivity index (χ3v) is 8.16. The van der Waals surface area contributed by atoms with E-state index in [4.69, 9.17) is 4.98 Å². The van der Waals surface area contributed by atoms with Gasteiger partial charge in [-0.15, -0.1) is 11.3 Å². The number of nitrogens with zero attached hydrogens (tertiary/aromatic N) is 2. The Morgan fingerprint density at radius 2 is 1.87 bits per heavy atom. The summed E-state index contributed by atoms with van der Waals surface area (Å²) in [6, 6.07) is 14.8. The Morgan fingerprint density at radius 1 is 1.10 bits per heavy atom. The summed E-state index contributed by atoms with van der Waals surface area (Å²) in [5.74, 6) is 0.230. The third-order valence-electron chi connectivity index (χ3n) is 5.98. The summed E-state index contributed by atoms with van der Waals surface area (Å²) >= 11 is 2.96. The molecule has 1 N–H and O–H groups in total. The van der Waals surface area contributed by atoms with Crippen LogP contribution in [-0.4, -0.2) is 29.2 Å². The van der Waals surface area contributed by atoms with Gasteiger partial charge in [-0.1, -0.05) is 48.2 Å². The molecule has 0 saturated carbocycles. The van der Waals surface area contributed by atoms with Gasteiger partial charge >= 0.3 is 0 Å². The minimum absolute atomic E-state index is 0.0265. The summed E-state index contributed by atoms with van der Waals surface area (Å²) in [5, 5.41) is 1.70. The lowest BCUT2D eigenvalue weighted by molar-refractivity contribution is -0.887. The van der Waals surface area contributed by atoms with E-state index < -0.39 is 0 Å². The minimum Gasteiger partial charge on any atom is -0.335 e. The predicted octanol–water partition coefficient (Wildman–Crippen LogP) is 4.11. The van der Waals surface area contributed by atoms with E-state index in [0.29, 0.717) is 27.7 Å². The van der Waals surface area contributed by atoms with E-state index >= 15 is 0 Å². The predicted molar refractivity (Wildman–Crippen MR) is 127 cm³/mol. The van der Waals surface area contributed by atoms with Gasteiger partial charge < -0.3 is 4.90 Å². The van der Waals surface area contributed by atoms with Crippen LogP contribution >= 0.6 is 23.1 Å². The van der Waals surface area contributed by atoms with Gasteiger partial charge in [0, 0.05) is 41.6 Å². The molecule has 5 rings (SSSR count). The number of thiophene rings is 1. The standard InChI is InChI=1S/C24H24FN3OS2/c25-19-10-3-1-8-17(19)16-30-24-26-21-18-9-2-4-11-20(18)31-22(21)23(29)28(24)15-7-14-27-12-5-6-13-27/h1-4,8-11H,5-7,12-16H2/p+1. The summed E-state index contributed by atoms with van der Waals surface area (Å²) in [6.45, 7) is 4.20. The van der Waals surface area contributed by atoms with Crippen LogP contribution in [0.15, 0.2) is 58.5 Å². The van der Waals surface area contributed by atoms with Crippen LogP contribution in [0, 0.1) is 5.82 Å². The molecular weight excluding hydrogens is 429 g/mol. The molecule has 1 aliphatic heterocycles. The van der Waals surface area contributed by atoms with E-state index in [-0.39, 0.29) is 11.4 Å². The van der Waals surface area contributed by atoms with Crippen molar-refractivity contribution in [2.24, 2.45) is 0 Å². The quantitative estimate of drug-likeness (QED) is 0.337. The molecule has 160 valence electrons. The molecule has 1 fully saturated rings. The van der Waals surface area contributed by atoms with Crippen molar-refractivity contribution < 1.29 is 9.29 Å². The fourth-order valence-corrected chi connectivity index (χ4v) is 6.43. The molecule has 7 heteroatoms. The molecule has 0 radical (unpaired) electrons. The number of quaternary nitrogens is 1. The molecular formula is C24H25FN3OS2+. The average Bonchev–Trinajstić information content (AvgIpc) is 3.43. The number of benzene rings is 2. The van der Waals surface area contributed by atoms with Crippen molar-refractivity contribution in [3.63, 3.8) is 0 Å². The maximum absolute atomic E-state index is 14.2. The lowest BCUT2D eigenvalue weighted by Gasteiger charge is -2.15. The van der Waals surface area contributed by atoms with Crippen LogP contribution in [0.5, 0.6) is 0 Å². The van der Waals surface area contributed by atoms with Crippen LogP contribution in [0.4, 0.5) is 4.39 Å². The molecule has 4 aromatic rings. The Kier molecular flexibility index (Phi) is 6.07. The fraction of sp³-hybridized carbons (Fsp3) is 0.333. The highest BCUT2D eigenvalue weighted by Crippen LogP contribution is 2.32. The average molecular weight is 455 g/mol. The molecule has 0 bridgehead atoms. The van der Waals surface area contributed by atoms with Gasteiger partial charge in [0.05, 0.1) is 25.2 Å². The van der Waals surface area contributed by atoms with Crippen LogP contribution in [0.1, 0.15) is 24.8 Å². The summed E-state index contributed by atoms with van der Waals surface area (Å²) < 4.78 is 17.8. The number of hydrogen-bond donors (Lipinski definition) is 1. The first kappa shape index (κ1) is 20.7. The fourth-order valence-electron chi connectivity index (χ4n) is 4.33. The second-order valence-electron chi connectivity index (χ2n) is 8.07. The molecule has 2 aromatic carbocycles. The SMILES string of the molecule is O=c1c2sc3ccccc3c2nc(SCc2ccccc2F)n1CCC[NH+]1CCCC1. The highest BCUT2D eigenvalue weighted by molar-refractivity contribution is 7.98. The maximum atomic E-state index is 14.2. The number of hydrogen-bond acceptors (Lipinski definition) is 4. The van der Waals surface area contributed by atoms with E-state index in [0.717, 1.165) is 28.6 Å². The van der Waals surface area contributed by atoms with Gasteiger partial charge in [-0.2, -0.15) is 0 Å². The molecule has 1 aliphatic rings. The lowest BCUT2D eigenvalue weighted by Crippen LogP contribution is -3.10. The van der Waals surface area contributed by atoms with E-state index in [9.17, 15) is 9.18 Å². The molecule has 2 aromatic heterocycles. The summed E-state index contributed by atoms with van der Waals surface area (Å²) in [5.41, 5.74) is 1.42. The molecule has 0 unspecified atom stereocenters. The van der Waals surface area contributed by atoms with Crippen molar-refractivity contribution in [3.05, 3.63) is 70.3 Å². The normalized spacial score (nSPS) is 14.7. The first-order valence-electron chi connectivity index (χ1n) is 10.8. The van der Waals surface area contributed by atoms with Crippen LogP contribution in [-0.2, 0) is 12.3 Å². The Labute approximate surface area is 188 Å². The van der Waals surface area contributed by atoms with Crippen molar-refractivity contribution in [2.45, 2.75) is 36.7 Å². The van der Waals surface area contributed by atoms with Gasteiger partial charge in [0.2, 0.25) is 0 Å². The topological polar surface area (TPSA) is 39.3 Å². The molecule has 31 heavy (non-hydrogen) atoms. The largest absolute Gasteiger partial charge is 0.335 e. The third kappa shape index (κ3) is 4.27. The van der Waals surface area contributed by atoms with Gasteiger partial charge in [0.15, 0.2) is 5.16 Å². The Balaban J connectivity index is 1.50. The minimum atomic E-state index is -0.219. The van der Waals surface area contributed by atoms with Gasteiger partial charge in [0.25, 0.3) is 5.56 Å². The Hall–Kier alpha value is -2.22. The first-order valence-corrected chi connectivity index (χ1v) is 12.6. The van der Waals surface area contributed by atoms with Crippen molar-refractivity contribution in [3.8, 4) is 0 Å². The summed E-state index contributed by atoms with van der Waals surface area (Å²) in [4.78, 5) is 20.0. The van der Waals surface area contributed by atoms with E-state index in [1.807, 2.05) is 34.9 Å².